The Balaban J connectivity index is 1.58. The van der Waals surface area contributed by atoms with Gasteiger partial charge in [-0.15, -0.1) is 0 Å². The van der Waals surface area contributed by atoms with E-state index in [-0.39, 0.29) is 29.8 Å². The first-order valence-electron chi connectivity index (χ1n) is 14.1. The number of ether oxygens (including phenoxy) is 1. The van der Waals surface area contributed by atoms with Gasteiger partial charge in [-0.3, -0.25) is 4.79 Å². The summed E-state index contributed by atoms with van der Waals surface area (Å²) in [5.41, 5.74) is 4.04. The first-order chi connectivity index (χ1) is 18.6. The summed E-state index contributed by atoms with van der Waals surface area (Å²) in [4.78, 5) is 28.5. The van der Waals surface area contributed by atoms with Gasteiger partial charge in [-0.05, 0) is 61.3 Å². The largest absolute Gasteiger partial charge is 0.444 e. The molecule has 1 saturated heterocycles. The maximum Gasteiger partial charge on any atom is 0.410 e. The van der Waals surface area contributed by atoms with Gasteiger partial charge in [-0.1, -0.05) is 98.8 Å². The predicted molar refractivity (Wildman–Crippen MR) is 158 cm³/mol. The molecule has 0 aromatic heterocycles. The monoisotopic (exact) mass is 526 g/mol. The molecule has 1 heterocycles. The summed E-state index contributed by atoms with van der Waals surface area (Å²) < 4.78 is 5.67. The van der Waals surface area contributed by atoms with E-state index in [0.29, 0.717) is 32.0 Å². The lowest BCUT2D eigenvalue weighted by Gasteiger charge is -2.39. The number of benzene rings is 3. The van der Waals surface area contributed by atoms with Gasteiger partial charge in [0.05, 0.1) is 5.92 Å². The number of rotatable bonds is 7. The fourth-order valence-corrected chi connectivity index (χ4v) is 5.47. The molecule has 5 heteroatoms. The molecular formula is C34H42N2O3. The summed E-state index contributed by atoms with van der Waals surface area (Å²) in [6.07, 6.45) is 0.336. The van der Waals surface area contributed by atoms with E-state index in [0.717, 1.165) is 16.7 Å². The number of piperidine rings is 1. The normalized spacial score (nSPS) is 18.5. The van der Waals surface area contributed by atoms with Crippen LogP contribution < -0.4 is 5.32 Å². The molecule has 3 atom stereocenters. The van der Waals surface area contributed by atoms with Crippen LogP contribution in [0.25, 0.3) is 11.1 Å². The van der Waals surface area contributed by atoms with Crippen molar-refractivity contribution >= 4 is 12.0 Å². The van der Waals surface area contributed by atoms with Crippen molar-refractivity contribution in [2.75, 3.05) is 19.6 Å². The molecular weight excluding hydrogens is 484 g/mol. The SMILES string of the molecule is CC(C)C(CNC(=O)[C@H]1CN(C(=O)OC(C)(C)C)CCC1c1cccc(-c2ccccc2)c1)c1ccccc1. The Kier molecular flexibility index (Phi) is 9.11. The lowest BCUT2D eigenvalue weighted by atomic mass is 9.79. The van der Waals surface area contributed by atoms with Gasteiger partial charge in [0, 0.05) is 25.6 Å². The van der Waals surface area contributed by atoms with Crippen molar-refractivity contribution in [2.24, 2.45) is 11.8 Å². The number of carbonyl (C=O) groups is 2. The molecule has 3 aromatic rings. The molecule has 206 valence electrons. The second kappa shape index (κ2) is 12.5. The Morgan fingerprint density at radius 2 is 1.56 bits per heavy atom. The van der Waals surface area contributed by atoms with Crippen molar-refractivity contribution in [3.05, 3.63) is 96.1 Å². The second-order valence-corrected chi connectivity index (χ2v) is 11.9. The number of hydrogen-bond donors (Lipinski definition) is 1. The lowest BCUT2D eigenvalue weighted by Crippen LogP contribution is -2.50. The molecule has 0 radical (unpaired) electrons. The molecule has 39 heavy (non-hydrogen) atoms. The minimum absolute atomic E-state index is 0.00146. The number of likely N-dealkylation sites (tertiary alicyclic amines) is 1. The third kappa shape index (κ3) is 7.50. The zero-order chi connectivity index (χ0) is 28.0. The van der Waals surface area contributed by atoms with Gasteiger partial charge in [0.2, 0.25) is 5.91 Å². The molecule has 2 unspecified atom stereocenters. The summed E-state index contributed by atoms with van der Waals surface area (Å²) in [6, 6.07) is 29.1. The highest BCUT2D eigenvalue weighted by Gasteiger charge is 2.38. The number of nitrogens with one attached hydrogen (secondary N) is 1. The molecule has 0 aliphatic carbocycles. The zero-order valence-corrected chi connectivity index (χ0v) is 23.9. The summed E-state index contributed by atoms with van der Waals surface area (Å²) in [5, 5.41) is 3.27. The first-order valence-corrected chi connectivity index (χ1v) is 14.1. The highest BCUT2D eigenvalue weighted by atomic mass is 16.6. The van der Waals surface area contributed by atoms with Crippen LogP contribution in [0.3, 0.4) is 0 Å². The molecule has 5 nitrogen and oxygen atoms in total. The average Bonchev–Trinajstić information content (AvgIpc) is 2.93. The number of nitrogens with zero attached hydrogens (tertiary/aromatic N) is 1. The van der Waals surface area contributed by atoms with E-state index in [1.165, 1.54) is 5.56 Å². The Bertz CT molecular complexity index is 1230. The highest BCUT2D eigenvalue weighted by Crippen LogP contribution is 2.36. The molecule has 2 amide bonds. The molecule has 1 fully saturated rings. The quantitative estimate of drug-likeness (QED) is 0.353. The van der Waals surface area contributed by atoms with Crippen LogP contribution in [0.4, 0.5) is 4.79 Å². The van der Waals surface area contributed by atoms with Gasteiger partial charge in [0.15, 0.2) is 0 Å². The first kappa shape index (κ1) is 28.4. The van der Waals surface area contributed by atoms with Crippen molar-refractivity contribution in [1.29, 1.82) is 0 Å². The molecule has 1 N–H and O–H groups in total. The van der Waals surface area contributed by atoms with Crippen LogP contribution in [0.1, 0.15) is 64.0 Å². The van der Waals surface area contributed by atoms with Crippen molar-refractivity contribution in [3.8, 4) is 11.1 Å². The van der Waals surface area contributed by atoms with Crippen LogP contribution in [0, 0.1) is 11.8 Å². The smallest absolute Gasteiger partial charge is 0.410 e. The molecule has 0 saturated carbocycles. The minimum atomic E-state index is -0.587. The Morgan fingerprint density at radius 3 is 2.21 bits per heavy atom. The Hall–Kier alpha value is -3.60. The van der Waals surface area contributed by atoms with Gasteiger partial charge in [-0.2, -0.15) is 0 Å². The predicted octanol–water partition coefficient (Wildman–Crippen LogP) is 7.25. The Labute approximate surface area is 233 Å². The van der Waals surface area contributed by atoms with Gasteiger partial charge in [0.25, 0.3) is 0 Å². The molecule has 4 rings (SSSR count). The summed E-state index contributed by atoms with van der Waals surface area (Å²) in [6.45, 7) is 11.4. The molecule has 1 aliphatic heterocycles. The molecule has 3 aromatic carbocycles. The van der Waals surface area contributed by atoms with Crippen LogP contribution in [-0.4, -0.2) is 42.1 Å². The maximum absolute atomic E-state index is 13.9. The van der Waals surface area contributed by atoms with Crippen molar-refractivity contribution < 1.29 is 14.3 Å². The standard InChI is InChI=1S/C34H42N2O3/c1-24(2)30(26-15-10-7-11-16-26)22-35-32(37)31-23-36(33(38)39-34(3,4)5)20-19-29(31)28-18-12-17-27(21-28)25-13-8-6-9-14-25/h6-18,21,24,29-31H,19-20,22-23H2,1-5H3,(H,35,37)/t29?,30?,31-/m0/s1. The fraction of sp³-hybridized carbons (Fsp3) is 0.412. The van der Waals surface area contributed by atoms with E-state index in [1.54, 1.807) is 4.90 Å². The van der Waals surface area contributed by atoms with Crippen LogP contribution >= 0.6 is 0 Å². The van der Waals surface area contributed by atoms with E-state index in [4.69, 9.17) is 4.74 Å². The van der Waals surface area contributed by atoms with Gasteiger partial charge in [-0.25, -0.2) is 4.79 Å². The average molecular weight is 527 g/mol. The van der Waals surface area contributed by atoms with E-state index in [9.17, 15) is 9.59 Å². The van der Waals surface area contributed by atoms with Crippen LogP contribution in [0.15, 0.2) is 84.9 Å². The van der Waals surface area contributed by atoms with E-state index >= 15 is 0 Å². The molecule has 1 aliphatic rings. The summed E-state index contributed by atoms with van der Waals surface area (Å²) >= 11 is 0. The van der Waals surface area contributed by atoms with Crippen LogP contribution in [0.5, 0.6) is 0 Å². The van der Waals surface area contributed by atoms with Crippen LogP contribution in [-0.2, 0) is 9.53 Å². The lowest BCUT2D eigenvalue weighted by molar-refractivity contribution is -0.127. The highest BCUT2D eigenvalue weighted by molar-refractivity contribution is 5.81. The molecule has 0 spiro atoms. The summed E-state index contributed by atoms with van der Waals surface area (Å²) in [7, 11) is 0. The molecule has 0 bridgehead atoms. The topological polar surface area (TPSA) is 58.6 Å². The number of hydrogen-bond acceptors (Lipinski definition) is 3. The van der Waals surface area contributed by atoms with E-state index in [1.807, 2.05) is 57.2 Å². The van der Waals surface area contributed by atoms with Gasteiger partial charge in [0.1, 0.15) is 5.60 Å². The van der Waals surface area contributed by atoms with Crippen molar-refractivity contribution in [3.63, 3.8) is 0 Å². The number of amides is 2. The van der Waals surface area contributed by atoms with Crippen molar-refractivity contribution in [2.45, 2.75) is 58.5 Å². The number of carbonyl (C=O) groups excluding carboxylic acids is 2. The third-order valence-electron chi connectivity index (χ3n) is 7.55. The van der Waals surface area contributed by atoms with E-state index < -0.39 is 5.60 Å². The van der Waals surface area contributed by atoms with Gasteiger partial charge >= 0.3 is 6.09 Å². The third-order valence-corrected chi connectivity index (χ3v) is 7.55. The van der Waals surface area contributed by atoms with Gasteiger partial charge < -0.3 is 15.0 Å². The Morgan fingerprint density at radius 1 is 0.923 bits per heavy atom. The zero-order valence-electron chi connectivity index (χ0n) is 23.9. The summed E-state index contributed by atoms with van der Waals surface area (Å²) in [5.74, 6) is 0.193. The van der Waals surface area contributed by atoms with Crippen LogP contribution in [0.2, 0.25) is 0 Å². The second-order valence-electron chi connectivity index (χ2n) is 11.9. The minimum Gasteiger partial charge on any atom is -0.444 e. The maximum atomic E-state index is 13.9. The van der Waals surface area contributed by atoms with Crippen molar-refractivity contribution in [1.82, 2.24) is 10.2 Å². The fourth-order valence-electron chi connectivity index (χ4n) is 5.47. The van der Waals surface area contributed by atoms with E-state index in [2.05, 4.69) is 67.7 Å².